The maximum absolute atomic E-state index is 14.2. The molecule has 0 unspecified atom stereocenters. The van der Waals surface area contributed by atoms with Crippen LogP contribution in [0, 0.1) is 12.7 Å². The Kier molecular flexibility index (Phi) is 4.69. The molecule has 1 aliphatic carbocycles. The molecule has 1 saturated carbocycles. The lowest BCUT2D eigenvalue weighted by molar-refractivity contribution is 0.371. The Balaban J connectivity index is 2.22. The maximum atomic E-state index is 14.2. The van der Waals surface area contributed by atoms with Crippen molar-refractivity contribution in [2.75, 3.05) is 11.4 Å². The molecule has 0 amide bonds. The highest BCUT2D eigenvalue weighted by Crippen LogP contribution is 2.28. The van der Waals surface area contributed by atoms with Gasteiger partial charge in [0.1, 0.15) is 6.33 Å². The van der Waals surface area contributed by atoms with Crippen LogP contribution in [0.25, 0.3) is 0 Å². The van der Waals surface area contributed by atoms with Crippen LogP contribution in [-0.4, -0.2) is 28.6 Å². The third-order valence-corrected chi connectivity index (χ3v) is 3.86. The molecule has 106 valence electrons. The lowest BCUT2D eigenvalue weighted by Crippen LogP contribution is -2.42. The van der Waals surface area contributed by atoms with Crippen molar-refractivity contribution in [2.45, 2.75) is 58.0 Å². The molecule has 1 aliphatic rings. The molecule has 1 heterocycles. The predicted molar refractivity (Wildman–Crippen MR) is 74.6 cm³/mol. The molecule has 0 radical (unpaired) electrons. The van der Waals surface area contributed by atoms with Gasteiger partial charge in [0, 0.05) is 18.6 Å². The molecule has 0 atom stereocenters. The molecular weight excluding hydrogens is 243 g/mol. The van der Waals surface area contributed by atoms with E-state index in [9.17, 15) is 4.39 Å². The van der Waals surface area contributed by atoms with Crippen molar-refractivity contribution in [1.29, 1.82) is 0 Å². The maximum Gasteiger partial charge on any atom is 0.186 e. The SMILES string of the molecule is CCCN(c1ncnc(C)c1F)C1CCC(N)CC1. The van der Waals surface area contributed by atoms with Crippen molar-refractivity contribution in [3.8, 4) is 0 Å². The fraction of sp³-hybridized carbons (Fsp3) is 0.714. The third-order valence-electron chi connectivity index (χ3n) is 3.86. The molecule has 1 aromatic heterocycles. The molecule has 0 aromatic carbocycles. The van der Waals surface area contributed by atoms with Gasteiger partial charge in [0.25, 0.3) is 0 Å². The van der Waals surface area contributed by atoms with E-state index in [1.54, 1.807) is 6.92 Å². The molecule has 4 nitrogen and oxygen atoms in total. The fourth-order valence-electron chi connectivity index (χ4n) is 2.76. The van der Waals surface area contributed by atoms with Gasteiger partial charge in [-0.25, -0.2) is 14.4 Å². The molecular formula is C14H23FN4. The number of hydrogen-bond donors (Lipinski definition) is 1. The largest absolute Gasteiger partial charge is 0.351 e. The number of halogens is 1. The van der Waals surface area contributed by atoms with E-state index in [0.29, 0.717) is 23.6 Å². The van der Waals surface area contributed by atoms with Gasteiger partial charge in [-0.05, 0) is 39.0 Å². The van der Waals surface area contributed by atoms with Crippen LogP contribution in [0.15, 0.2) is 6.33 Å². The zero-order valence-electron chi connectivity index (χ0n) is 11.8. The first-order valence-corrected chi connectivity index (χ1v) is 7.12. The Morgan fingerprint density at radius 3 is 2.63 bits per heavy atom. The van der Waals surface area contributed by atoms with Gasteiger partial charge in [-0.15, -0.1) is 0 Å². The first-order chi connectivity index (χ1) is 9.13. The molecule has 0 saturated heterocycles. The van der Waals surface area contributed by atoms with Gasteiger partial charge >= 0.3 is 0 Å². The molecule has 2 rings (SSSR count). The van der Waals surface area contributed by atoms with E-state index in [1.165, 1.54) is 6.33 Å². The van der Waals surface area contributed by atoms with Crippen LogP contribution in [0.2, 0.25) is 0 Å². The van der Waals surface area contributed by atoms with Crippen LogP contribution < -0.4 is 10.6 Å². The van der Waals surface area contributed by atoms with Crippen LogP contribution in [0.1, 0.15) is 44.7 Å². The Bertz CT molecular complexity index is 416. The lowest BCUT2D eigenvalue weighted by atomic mass is 9.90. The number of aromatic nitrogens is 2. The highest BCUT2D eigenvalue weighted by atomic mass is 19.1. The predicted octanol–water partition coefficient (Wildman–Crippen LogP) is 2.41. The molecule has 0 spiro atoms. The number of aryl methyl sites for hydroxylation is 1. The smallest absolute Gasteiger partial charge is 0.186 e. The lowest BCUT2D eigenvalue weighted by Gasteiger charge is -2.37. The summed E-state index contributed by atoms with van der Waals surface area (Å²) >= 11 is 0. The van der Waals surface area contributed by atoms with E-state index in [2.05, 4.69) is 21.8 Å². The summed E-state index contributed by atoms with van der Waals surface area (Å²) in [6, 6.07) is 0.653. The van der Waals surface area contributed by atoms with E-state index >= 15 is 0 Å². The summed E-state index contributed by atoms with van der Waals surface area (Å²) in [6.07, 6.45) is 6.48. The highest BCUT2D eigenvalue weighted by molar-refractivity contribution is 5.42. The summed E-state index contributed by atoms with van der Waals surface area (Å²) in [5, 5.41) is 0. The monoisotopic (exact) mass is 266 g/mol. The number of nitrogens with zero attached hydrogens (tertiary/aromatic N) is 3. The summed E-state index contributed by atoms with van der Waals surface area (Å²) in [5.74, 6) is 0.167. The third kappa shape index (κ3) is 3.21. The van der Waals surface area contributed by atoms with Gasteiger partial charge in [-0.1, -0.05) is 6.92 Å². The van der Waals surface area contributed by atoms with Crippen molar-refractivity contribution in [1.82, 2.24) is 9.97 Å². The molecule has 5 heteroatoms. The van der Waals surface area contributed by atoms with Gasteiger partial charge in [0.05, 0.1) is 5.69 Å². The minimum Gasteiger partial charge on any atom is -0.351 e. The Labute approximate surface area is 114 Å². The molecule has 0 bridgehead atoms. The van der Waals surface area contributed by atoms with E-state index in [1.807, 2.05) is 0 Å². The van der Waals surface area contributed by atoms with Crippen LogP contribution in [-0.2, 0) is 0 Å². The van der Waals surface area contributed by atoms with E-state index in [-0.39, 0.29) is 5.82 Å². The summed E-state index contributed by atoms with van der Waals surface area (Å²) in [6.45, 7) is 4.61. The van der Waals surface area contributed by atoms with Gasteiger partial charge in [0.15, 0.2) is 11.6 Å². The summed E-state index contributed by atoms with van der Waals surface area (Å²) in [5.41, 5.74) is 6.36. The first kappa shape index (κ1) is 14.2. The normalized spacial score (nSPS) is 23.4. The zero-order valence-corrected chi connectivity index (χ0v) is 11.8. The standard InChI is InChI=1S/C14H23FN4/c1-3-8-19(12-6-4-11(16)5-7-12)14-13(15)10(2)17-9-18-14/h9,11-12H,3-8,16H2,1-2H3. The molecule has 19 heavy (non-hydrogen) atoms. The Morgan fingerprint density at radius 2 is 2.00 bits per heavy atom. The van der Waals surface area contributed by atoms with Crippen molar-refractivity contribution < 1.29 is 4.39 Å². The van der Waals surface area contributed by atoms with Crippen LogP contribution >= 0.6 is 0 Å². The van der Waals surface area contributed by atoms with Crippen molar-refractivity contribution in [3.63, 3.8) is 0 Å². The zero-order chi connectivity index (χ0) is 13.8. The van der Waals surface area contributed by atoms with Crippen LogP contribution in [0.5, 0.6) is 0 Å². The molecule has 1 aromatic rings. The van der Waals surface area contributed by atoms with Crippen molar-refractivity contribution in [3.05, 3.63) is 17.8 Å². The number of anilines is 1. The fourth-order valence-corrected chi connectivity index (χ4v) is 2.76. The van der Waals surface area contributed by atoms with Gasteiger partial charge < -0.3 is 10.6 Å². The topological polar surface area (TPSA) is 55.0 Å². The van der Waals surface area contributed by atoms with Gasteiger partial charge in [0.2, 0.25) is 0 Å². The van der Waals surface area contributed by atoms with E-state index in [4.69, 9.17) is 5.73 Å². The number of hydrogen-bond acceptors (Lipinski definition) is 4. The quantitative estimate of drug-likeness (QED) is 0.909. The van der Waals surface area contributed by atoms with Gasteiger partial charge in [-0.3, -0.25) is 0 Å². The second-order valence-electron chi connectivity index (χ2n) is 5.36. The Hall–Kier alpha value is -1.23. The van der Waals surface area contributed by atoms with Crippen LogP contribution in [0.3, 0.4) is 0 Å². The molecule has 2 N–H and O–H groups in total. The Morgan fingerprint density at radius 1 is 1.32 bits per heavy atom. The van der Waals surface area contributed by atoms with E-state index < -0.39 is 0 Å². The minimum absolute atomic E-state index is 0.286. The first-order valence-electron chi connectivity index (χ1n) is 7.12. The second kappa shape index (κ2) is 6.28. The average molecular weight is 266 g/mol. The second-order valence-corrected chi connectivity index (χ2v) is 5.36. The number of nitrogens with two attached hydrogens (primary N) is 1. The summed E-state index contributed by atoms with van der Waals surface area (Å²) in [4.78, 5) is 10.2. The van der Waals surface area contributed by atoms with Gasteiger partial charge in [-0.2, -0.15) is 0 Å². The van der Waals surface area contributed by atoms with Crippen molar-refractivity contribution in [2.24, 2.45) is 5.73 Å². The summed E-state index contributed by atoms with van der Waals surface area (Å²) < 4.78 is 14.2. The minimum atomic E-state index is -0.286. The molecule has 1 fully saturated rings. The number of rotatable bonds is 4. The average Bonchev–Trinajstić information content (AvgIpc) is 2.41. The van der Waals surface area contributed by atoms with E-state index in [0.717, 1.165) is 38.6 Å². The summed E-state index contributed by atoms with van der Waals surface area (Å²) in [7, 11) is 0. The van der Waals surface area contributed by atoms with Crippen molar-refractivity contribution >= 4 is 5.82 Å². The molecule has 0 aliphatic heterocycles. The highest BCUT2D eigenvalue weighted by Gasteiger charge is 2.27. The van der Waals surface area contributed by atoms with Crippen LogP contribution in [0.4, 0.5) is 10.2 Å².